The fourth-order valence-corrected chi connectivity index (χ4v) is 2.25. The number of furan rings is 1. The molecule has 0 saturated carbocycles. The molecule has 2 heterocycles. The van der Waals surface area contributed by atoms with Crippen LogP contribution in [0.5, 0.6) is 0 Å². The van der Waals surface area contributed by atoms with E-state index >= 15 is 0 Å². The summed E-state index contributed by atoms with van der Waals surface area (Å²) in [6, 6.07) is 4.43. The van der Waals surface area contributed by atoms with Crippen LogP contribution in [0.1, 0.15) is 25.4 Å². The van der Waals surface area contributed by atoms with E-state index in [0.717, 1.165) is 24.6 Å². The van der Waals surface area contributed by atoms with Crippen molar-refractivity contribution in [1.82, 2.24) is 4.90 Å². The van der Waals surface area contributed by atoms with Gasteiger partial charge in [-0.2, -0.15) is 0 Å². The summed E-state index contributed by atoms with van der Waals surface area (Å²) >= 11 is 0. The fraction of sp³-hybridized carbons (Fsp3) is 0.714. The normalized spacial score (nSPS) is 18.3. The first kappa shape index (κ1) is 13.6. The van der Waals surface area contributed by atoms with E-state index in [0.29, 0.717) is 19.3 Å². The number of nitrogens with zero attached hydrogens (tertiary/aromatic N) is 1. The first-order chi connectivity index (χ1) is 8.54. The lowest BCUT2D eigenvalue weighted by Crippen LogP contribution is -2.54. The Morgan fingerprint density at radius 3 is 2.50 bits per heavy atom. The van der Waals surface area contributed by atoms with Crippen LogP contribution >= 0.6 is 0 Å². The first-order valence-electron chi connectivity index (χ1n) is 6.53. The summed E-state index contributed by atoms with van der Waals surface area (Å²) in [5.41, 5.74) is -0.0775. The van der Waals surface area contributed by atoms with Crippen LogP contribution in [0.15, 0.2) is 16.5 Å². The molecule has 1 saturated heterocycles. The van der Waals surface area contributed by atoms with Crippen molar-refractivity contribution in [3.63, 3.8) is 0 Å². The topological polar surface area (TPSA) is 45.8 Å². The molecule has 102 valence electrons. The highest BCUT2D eigenvalue weighted by Gasteiger charge is 2.40. The van der Waals surface area contributed by atoms with Crippen molar-refractivity contribution in [2.24, 2.45) is 5.41 Å². The lowest BCUT2D eigenvalue weighted by Gasteiger charge is -2.44. The Bertz CT molecular complexity index is 377. The molecule has 2 rings (SSSR count). The van der Waals surface area contributed by atoms with Crippen LogP contribution in [0.4, 0.5) is 0 Å². The van der Waals surface area contributed by atoms with Crippen LogP contribution in [0.2, 0.25) is 0 Å². The van der Waals surface area contributed by atoms with E-state index in [1.165, 1.54) is 0 Å². The SMILES string of the molecule is Cc1ccc(CN(CC2(CO)COC2)C(C)C)o1. The molecule has 0 unspecified atom stereocenters. The lowest BCUT2D eigenvalue weighted by atomic mass is 9.86. The zero-order valence-electron chi connectivity index (χ0n) is 11.5. The maximum atomic E-state index is 9.51. The van der Waals surface area contributed by atoms with Gasteiger partial charge in [-0.1, -0.05) is 0 Å². The largest absolute Gasteiger partial charge is 0.465 e. The van der Waals surface area contributed by atoms with E-state index < -0.39 is 0 Å². The zero-order valence-corrected chi connectivity index (χ0v) is 11.5. The molecule has 0 aromatic carbocycles. The third-order valence-corrected chi connectivity index (χ3v) is 3.58. The highest BCUT2D eigenvalue weighted by Crippen LogP contribution is 2.29. The molecule has 0 spiro atoms. The number of aryl methyl sites for hydroxylation is 1. The van der Waals surface area contributed by atoms with Crippen LogP contribution < -0.4 is 0 Å². The van der Waals surface area contributed by atoms with Crippen molar-refractivity contribution < 1.29 is 14.3 Å². The number of hydrogen-bond donors (Lipinski definition) is 1. The predicted octanol–water partition coefficient (Wildman–Crippen LogP) is 1.81. The van der Waals surface area contributed by atoms with Crippen molar-refractivity contribution in [2.45, 2.75) is 33.4 Å². The Morgan fingerprint density at radius 2 is 2.11 bits per heavy atom. The van der Waals surface area contributed by atoms with Gasteiger partial charge in [-0.3, -0.25) is 4.90 Å². The van der Waals surface area contributed by atoms with Crippen molar-refractivity contribution in [3.05, 3.63) is 23.7 Å². The van der Waals surface area contributed by atoms with Gasteiger partial charge in [0.2, 0.25) is 0 Å². The molecule has 1 N–H and O–H groups in total. The van der Waals surface area contributed by atoms with E-state index in [4.69, 9.17) is 9.15 Å². The van der Waals surface area contributed by atoms with E-state index in [9.17, 15) is 5.11 Å². The summed E-state index contributed by atoms with van der Waals surface area (Å²) in [5.74, 6) is 1.92. The van der Waals surface area contributed by atoms with Gasteiger partial charge in [-0.25, -0.2) is 0 Å². The number of aliphatic hydroxyl groups is 1. The number of ether oxygens (including phenoxy) is 1. The minimum atomic E-state index is -0.0775. The molecule has 1 aliphatic rings. The summed E-state index contributed by atoms with van der Waals surface area (Å²) in [4.78, 5) is 2.33. The van der Waals surface area contributed by atoms with Gasteiger partial charge in [0.05, 0.1) is 31.8 Å². The molecule has 1 aromatic heterocycles. The molecule has 0 radical (unpaired) electrons. The highest BCUT2D eigenvalue weighted by molar-refractivity contribution is 5.06. The monoisotopic (exact) mass is 253 g/mol. The summed E-state index contributed by atoms with van der Waals surface area (Å²) in [6.07, 6.45) is 0. The lowest BCUT2D eigenvalue weighted by molar-refractivity contribution is -0.152. The predicted molar refractivity (Wildman–Crippen MR) is 69.3 cm³/mol. The Labute approximate surface area is 109 Å². The van der Waals surface area contributed by atoms with Crippen molar-refractivity contribution in [2.75, 3.05) is 26.4 Å². The van der Waals surface area contributed by atoms with E-state index in [1.807, 2.05) is 19.1 Å². The molecule has 0 bridgehead atoms. The molecule has 18 heavy (non-hydrogen) atoms. The van der Waals surface area contributed by atoms with Crippen molar-refractivity contribution in [3.8, 4) is 0 Å². The quantitative estimate of drug-likeness (QED) is 0.840. The Balaban J connectivity index is 2.00. The molecule has 4 nitrogen and oxygen atoms in total. The van der Waals surface area contributed by atoms with Gasteiger partial charge in [0.1, 0.15) is 11.5 Å². The average molecular weight is 253 g/mol. The van der Waals surface area contributed by atoms with Gasteiger partial charge in [-0.05, 0) is 32.9 Å². The van der Waals surface area contributed by atoms with Gasteiger partial charge in [0, 0.05) is 12.6 Å². The molecule has 0 amide bonds. The third kappa shape index (κ3) is 2.94. The van der Waals surface area contributed by atoms with Gasteiger partial charge >= 0.3 is 0 Å². The fourth-order valence-electron chi connectivity index (χ4n) is 2.25. The van der Waals surface area contributed by atoms with Crippen molar-refractivity contribution >= 4 is 0 Å². The van der Waals surface area contributed by atoms with Gasteiger partial charge in [0.15, 0.2) is 0 Å². The number of hydrogen-bond acceptors (Lipinski definition) is 4. The molecule has 1 fully saturated rings. The molecule has 0 atom stereocenters. The van der Waals surface area contributed by atoms with Crippen LogP contribution in [0.3, 0.4) is 0 Å². The molecule has 4 heteroatoms. The van der Waals surface area contributed by atoms with E-state index in [1.54, 1.807) is 0 Å². The smallest absolute Gasteiger partial charge is 0.118 e. The highest BCUT2D eigenvalue weighted by atomic mass is 16.5. The number of aliphatic hydroxyl groups excluding tert-OH is 1. The standard InChI is InChI=1S/C14H23NO3/c1-11(2)15(6-13-5-4-12(3)18-13)7-14(8-16)9-17-10-14/h4-5,11,16H,6-10H2,1-3H3. The average Bonchev–Trinajstić information content (AvgIpc) is 2.67. The Morgan fingerprint density at radius 1 is 1.39 bits per heavy atom. The molecule has 1 aliphatic heterocycles. The van der Waals surface area contributed by atoms with Gasteiger partial charge in [-0.15, -0.1) is 0 Å². The first-order valence-corrected chi connectivity index (χ1v) is 6.53. The summed E-state index contributed by atoms with van der Waals surface area (Å²) in [7, 11) is 0. The molecular weight excluding hydrogens is 230 g/mol. The molecule has 0 aliphatic carbocycles. The minimum absolute atomic E-state index is 0.0775. The number of rotatable bonds is 6. The van der Waals surface area contributed by atoms with Crippen LogP contribution in [0, 0.1) is 12.3 Å². The van der Waals surface area contributed by atoms with Crippen LogP contribution in [-0.2, 0) is 11.3 Å². The van der Waals surface area contributed by atoms with E-state index in [2.05, 4.69) is 18.7 Å². The summed E-state index contributed by atoms with van der Waals surface area (Å²) in [5, 5.41) is 9.51. The van der Waals surface area contributed by atoms with Crippen molar-refractivity contribution in [1.29, 1.82) is 0 Å². The van der Waals surface area contributed by atoms with Crippen LogP contribution in [0.25, 0.3) is 0 Å². The third-order valence-electron chi connectivity index (χ3n) is 3.58. The van der Waals surface area contributed by atoms with E-state index in [-0.39, 0.29) is 12.0 Å². The van der Waals surface area contributed by atoms with Gasteiger partial charge in [0.25, 0.3) is 0 Å². The summed E-state index contributed by atoms with van der Waals surface area (Å²) in [6.45, 7) is 9.42. The zero-order chi connectivity index (χ0) is 13.2. The molecular formula is C14H23NO3. The minimum Gasteiger partial charge on any atom is -0.465 e. The Kier molecular flexibility index (Phi) is 4.10. The Hall–Kier alpha value is -0.840. The van der Waals surface area contributed by atoms with Crippen LogP contribution in [-0.4, -0.2) is 42.4 Å². The second-order valence-electron chi connectivity index (χ2n) is 5.66. The second kappa shape index (κ2) is 5.43. The second-order valence-corrected chi connectivity index (χ2v) is 5.66. The summed E-state index contributed by atoms with van der Waals surface area (Å²) < 4.78 is 10.9. The maximum absolute atomic E-state index is 9.51. The van der Waals surface area contributed by atoms with Gasteiger partial charge < -0.3 is 14.3 Å². The molecule has 1 aromatic rings. The maximum Gasteiger partial charge on any atom is 0.118 e.